The molecule has 4 N–H and O–H groups in total. The third-order valence-corrected chi connectivity index (χ3v) is 10.4. The Bertz CT molecular complexity index is 1670. The molecule has 0 aromatic heterocycles. The Morgan fingerprint density at radius 3 is 2.27 bits per heavy atom. The molecule has 5 rings (SSSR count). The van der Waals surface area contributed by atoms with Crippen molar-refractivity contribution < 1.29 is 34.8 Å². The van der Waals surface area contributed by atoms with Gasteiger partial charge in [0.15, 0.2) is 17.2 Å². The Kier molecular flexibility index (Phi) is 7.52. The first-order chi connectivity index (χ1) is 20.5. The number of phenolic OH excluding ortho intramolecular Hbond substituents is 1. The van der Waals surface area contributed by atoms with Crippen LogP contribution in [0.25, 0.3) is 11.1 Å². The zero-order chi connectivity index (χ0) is 32.7. The fourth-order valence-electron chi connectivity index (χ4n) is 8.75. The first kappa shape index (κ1) is 31.7. The minimum Gasteiger partial charge on any atom is -0.511 e. The lowest BCUT2D eigenvalue weighted by Crippen LogP contribution is -2.67. The van der Waals surface area contributed by atoms with Gasteiger partial charge in [0.25, 0.3) is 0 Å². The number of aromatic hydroxyl groups is 1. The van der Waals surface area contributed by atoms with Crippen LogP contribution in [0.4, 0.5) is 0 Å². The molecule has 0 radical (unpaired) electrons. The van der Waals surface area contributed by atoms with Gasteiger partial charge in [-0.25, -0.2) is 0 Å². The fourth-order valence-corrected chi connectivity index (χ4v) is 8.75. The summed E-state index contributed by atoms with van der Waals surface area (Å²) in [6.45, 7) is 14.4. The molecule has 0 heterocycles. The highest BCUT2D eigenvalue weighted by molar-refractivity contribution is 6.25. The van der Waals surface area contributed by atoms with E-state index in [0.29, 0.717) is 11.1 Å². The van der Waals surface area contributed by atoms with Gasteiger partial charge in [-0.15, -0.1) is 0 Å². The maximum Gasteiger partial charge on any atom is 0.209 e. The molecule has 7 heteroatoms. The number of ketones is 3. The summed E-state index contributed by atoms with van der Waals surface area (Å²) < 4.78 is 0. The van der Waals surface area contributed by atoms with E-state index in [1.54, 1.807) is 6.92 Å². The average molecular weight is 601 g/mol. The van der Waals surface area contributed by atoms with E-state index in [1.807, 2.05) is 65.0 Å². The van der Waals surface area contributed by atoms with Gasteiger partial charge in [0.1, 0.15) is 22.8 Å². The standard InChI is InChI=1S/C37H44O7/c1-9-11-21-12-10-13-22(14-21)24-15-23(18(2)3)25-16-35(7)17-36(8)28(19(4)5)31(40)26(20(6)38)33(42)37(36,44)34(43)29(35)32(41)27(25)30(24)39/h10,12-15,18-19,28,39-40,43-44H,9,11,16-17H2,1-8H3/t28?,35-,36-,37+/m1/s1. The number of rotatable bonds is 6. The Morgan fingerprint density at radius 2 is 1.70 bits per heavy atom. The number of carbonyl (C=O) groups excluding carboxylic acids is 3. The average Bonchev–Trinajstić information content (AvgIpc) is 2.90. The highest BCUT2D eigenvalue weighted by atomic mass is 16.3. The van der Waals surface area contributed by atoms with E-state index in [0.717, 1.165) is 36.5 Å². The van der Waals surface area contributed by atoms with Crippen LogP contribution in [0, 0.1) is 22.7 Å². The van der Waals surface area contributed by atoms with E-state index in [9.17, 15) is 34.8 Å². The van der Waals surface area contributed by atoms with E-state index in [1.165, 1.54) is 0 Å². The van der Waals surface area contributed by atoms with Gasteiger partial charge >= 0.3 is 0 Å². The molecule has 0 saturated carbocycles. The van der Waals surface area contributed by atoms with Crippen molar-refractivity contribution in [1.82, 2.24) is 0 Å². The number of aryl methyl sites for hydroxylation is 1. The van der Waals surface area contributed by atoms with Crippen LogP contribution in [0.2, 0.25) is 0 Å². The van der Waals surface area contributed by atoms with E-state index < -0.39 is 51.0 Å². The Labute approximate surface area is 259 Å². The van der Waals surface area contributed by atoms with Crippen molar-refractivity contribution in [3.63, 3.8) is 0 Å². The number of benzene rings is 2. The van der Waals surface area contributed by atoms with E-state index >= 15 is 0 Å². The molecule has 0 saturated heterocycles. The number of aliphatic hydroxyl groups excluding tert-OH is 2. The van der Waals surface area contributed by atoms with Crippen molar-refractivity contribution in [2.45, 2.75) is 92.6 Å². The van der Waals surface area contributed by atoms with E-state index in [-0.39, 0.29) is 47.3 Å². The maximum atomic E-state index is 14.6. The largest absolute Gasteiger partial charge is 0.511 e. The van der Waals surface area contributed by atoms with Gasteiger partial charge in [0.2, 0.25) is 5.78 Å². The predicted octanol–water partition coefficient (Wildman–Crippen LogP) is 7.09. The number of carbonyl (C=O) groups is 3. The lowest BCUT2D eigenvalue weighted by molar-refractivity contribution is -0.171. The van der Waals surface area contributed by atoms with Crippen molar-refractivity contribution in [3.8, 4) is 16.9 Å². The van der Waals surface area contributed by atoms with Crippen molar-refractivity contribution in [2.24, 2.45) is 22.7 Å². The van der Waals surface area contributed by atoms with Gasteiger partial charge in [-0.05, 0) is 66.3 Å². The van der Waals surface area contributed by atoms with Gasteiger partial charge in [-0.3, -0.25) is 14.4 Å². The molecule has 4 atom stereocenters. The molecule has 44 heavy (non-hydrogen) atoms. The fraction of sp³-hybridized carbons (Fsp3) is 0.486. The molecule has 2 aromatic rings. The molecule has 3 aliphatic carbocycles. The SMILES string of the molecule is CCCc1cccc(-c2cc(C(C)C)c3c(c2O)C(=O)C2=C(O)[C@@]4(O)C(=O)C(C(C)=O)=C(O)C(C(C)C)[C@@]4(C)C[C@@]2(C)C3)c1. The van der Waals surface area contributed by atoms with Crippen LogP contribution in [0.3, 0.4) is 0 Å². The summed E-state index contributed by atoms with van der Waals surface area (Å²) in [6.07, 6.45) is 2.16. The summed E-state index contributed by atoms with van der Waals surface area (Å²) in [7, 11) is 0. The van der Waals surface area contributed by atoms with Crippen LogP contribution in [0.15, 0.2) is 53.0 Å². The molecule has 7 nitrogen and oxygen atoms in total. The van der Waals surface area contributed by atoms with Gasteiger partial charge in [0.05, 0.1) is 5.56 Å². The van der Waals surface area contributed by atoms with Crippen molar-refractivity contribution in [3.05, 3.63) is 75.3 Å². The molecule has 0 aliphatic heterocycles. The molecule has 0 amide bonds. The van der Waals surface area contributed by atoms with Gasteiger partial charge in [-0.2, -0.15) is 0 Å². The van der Waals surface area contributed by atoms with Crippen LogP contribution < -0.4 is 0 Å². The third-order valence-electron chi connectivity index (χ3n) is 10.4. The summed E-state index contributed by atoms with van der Waals surface area (Å²) in [5.41, 5.74) is -1.79. The minimum absolute atomic E-state index is 0.00154. The molecule has 0 bridgehead atoms. The molecule has 234 valence electrons. The quantitative estimate of drug-likeness (QED) is 0.260. The van der Waals surface area contributed by atoms with E-state index in [4.69, 9.17) is 0 Å². The number of fused-ring (bicyclic) bond motifs is 3. The second kappa shape index (κ2) is 10.4. The summed E-state index contributed by atoms with van der Waals surface area (Å²) in [5, 5.41) is 47.4. The summed E-state index contributed by atoms with van der Waals surface area (Å²) in [6, 6.07) is 9.80. The second-order valence-electron chi connectivity index (χ2n) is 14.3. The molecule has 0 spiro atoms. The van der Waals surface area contributed by atoms with Crippen LogP contribution in [0.1, 0.15) is 101 Å². The zero-order valence-electron chi connectivity index (χ0n) is 27.0. The predicted molar refractivity (Wildman–Crippen MR) is 169 cm³/mol. The number of hydrogen-bond donors (Lipinski definition) is 4. The van der Waals surface area contributed by atoms with Crippen LogP contribution in [-0.4, -0.2) is 43.4 Å². The Balaban J connectivity index is 1.81. The summed E-state index contributed by atoms with van der Waals surface area (Å²) >= 11 is 0. The molecular formula is C37H44O7. The number of phenols is 1. The smallest absolute Gasteiger partial charge is 0.209 e. The normalized spacial score (nSPS) is 28.4. The second-order valence-corrected chi connectivity index (χ2v) is 14.3. The Hall–Kier alpha value is -3.71. The molecule has 3 aliphatic rings. The van der Waals surface area contributed by atoms with Gasteiger partial charge in [-0.1, -0.05) is 79.2 Å². The van der Waals surface area contributed by atoms with Crippen LogP contribution in [0.5, 0.6) is 5.75 Å². The number of aliphatic hydroxyl groups is 3. The molecule has 1 unspecified atom stereocenters. The summed E-state index contributed by atoms with van der Waals surface area (Å²) in [5.74, 6) is -5.05. The molecular weight excluding hydrogens is 556 g/mol. The maximum absolute atomic E-state index is 14.6. The topological polar surface area (TPSA) is 132 Å². The lowest BCUT2D eigenvalue weighted by atomic mass is 9.44. The highest BCUT2D eigenvalue weighted by Crippen LogP contribution is 2.65. The number of allylic oxidation sites excluding steroid dienone is 2. The zero-order valence-corrected chi connectivity index (χ0v) is 27.0. The molecule has 0 fully saturated rings. The third kappa shape index (κ3) is 4.15. The van der Waals surface area contributed by atoms with Crippen molar-refractivity contribution >= 4 is 17.3 Å². The monoisotopic (exact) mass is 600 g/mol. The van der Waals surface area contributed by atoms with E-state index in [2.05, 4.69) is 6.92 Å². The van der Waals surface area contributed by atoms with Gasteiger partial charge < -0.3 is 20.4 Å². The van der Waals surface area contributed by atoms with Crippen molar-refractivity contribution in [2.75, 3.05) is 0 Å². The minimum atomic E-state index is -2.63. The van der Waals surface area contributed by atoms with Gasteiger partial charge in [0, 0.05) is 27.9 Å². The first-order valence-electron chi connectivity index (χ1n) is 15.6. The van der Waals surface area contributed by atoms with Crippen LogP contribution >= 0.6 is 0 Å². The Morgan fingerprint density at radius 1 is 1.05 bits per heavy atom. The van der Waals surface area contributed by atoms with Crippen LogP contribution in [-0.2, 0) is 22.4 Å². The van der Waals surface area contributed by atoms with Crippen molar-refractivity contribution in [1.29, 1.82) is 0 Å². The highest BCUT2D eigenvalue weighted by Gasteiger charge is 2.71. The lowest BCUT2D eigenvalue weighted by Gasteiger charge is -2.59. The number of hydrogen-bond acceptors (Lipinski definition) is 7. The summed E-state index contributed by atoms with van der Waals surface area (Å²) in [4.78, 5) is 41.2. The molecule has 2 aromatic carbocycles. The first-order valence-corrected chi connectivity index (χ1v) is 15.6. The number of Topliss-reactive ketones (excluding diaryl/α,β-unsaturated/α-hetero) is 3.